The molecule has 0 saturated carbocycles. The molecule has 0 aliphatic rings. The van der Waals surface area contributed by atoms with Crippen LogP contribution in [0.3, 0.4) is 0 Å². The summed E-state index contributed by atoms with van der Waals surface area (Å²) in [6.07, 6.45) is 0.385. The number of sulfonamides is 1. The van der Waals surface area contributed by atoms with Gasteiger partial charge in [-0.2, -0.15) is 4.31 Å². The Morgan fingerprint density at radius 2 is 1.48 bits per heavy atom. The molecule has 0 aliphatic carbocycles. The first-order chi connectivity index (χ1) is 12.9. The van der Waals surface area contributed by atoms with E-state index in [2.05, 4.69) is 0 Å². The smallest absolute Gasteiger partial charge is 0.412 e. The summed E-state index contributed by atoms with van der Waals surface area (Å²) in [5.41, 5.74) is 1.29. The zero-order valence-corrected chi connectivity index (χ0v) is 16.5. The maximum Gasteiger partial charge on any atom is 0.412 e. The van der Waals surface area contributed by atoms with E-state index in [9.17, 15) is 18.3 Å². The summed E-state index contributed by atoms with van der Waals surface area (Å²) in [6.45, 7) is 5.01. The molecule has 0 spiro atoms. The Morgan fingerprint density at radius 1 is 0.926 bits per heavy atom. The molecule has 2 aromatic rings. The molecule has 2 rings (SSSR count). The zero-order chi connectivity index (χ0) is 19.9. The van der Waals surface area contributed by atoms with Gasteiger partial charge < -0.3 is 5.11 Å². The highest BCUT2D eigenvalue weighted by Gasteiger charge is 2.23. The molecule has 0 atom stereocenters. The summed E-state index contributed by atoms with van der Waals surface area (Å²) < 4.78 is 27.1. The fraction of sp³-hybridized carbons (Fsp3) is 0.350. The van der Waals surface area contributed by atoms with Crippen LogP contribution in [0.25, 0.3) is 0 Å². The molecule has 6 nitrogen and oxygen atoms in total. The van der Waals surface area contributed by atoms with Gasteiger partial charge in [0.05, 0.1) is 11.4 Å². The molecule has 7 heteroatoms. The van der Waals surface area contributed by atoms with Gasteiger partial charge in [0.2, 0.25) is 10.0 Å². The second-order valence-electron chi connectivity index (χ2n) is 6.25. The standard InChI is InChI=1S/C20H26N2O4S/c1-3-14-21(15-4-2)27(25,26)19-12-10-18(11-13-19)22(20(23)24)16-17-8-6-5-7-9-17/h5-13H,3-4,14-16H2,1-2H3,(H,23,24). The maximum absolute atomic E-state index is 12.8. The minimum Gasteiger partial charge on any atom is -0.465 e. The SMILES string of the molecule is CCCN(CCC)S(=O)(=O)c1ccc(N(Cc2ccccc2)C(=O)O)cc1. The molecule has 146 valence electrons. The quantitative estimate of drug-likeness (QED) is 0.697. The molecule has 0 aromatic heterocycles. The number of anilines is 1. The normalized spacial score (nSPS) is 11.5. The van der Waals surface area contributed by atoms with Gasteiger partial charge in [0, 0.05) is 18.8 Å². The van der Waals surface area contributed by atoms with Crippen molar-refractivity contribution in [3.8, 4) is 0 Å². The van der Waals surface area contributed by atoms with Gasteiger partial charge in [0.25, 0.3) is 0 Å². The van der Waals surface area contributed by atoms with Crippen molar-refractivity contribution in [1.29, 1.82) is 0 Å². The van der Waals surface area contributed by atoms with Crippen molar-refractivity contribution in [2.24, 2.45) is 0 Å². The van der Waals surface area contributed by atoms with Gasteiger partial charge >= 0.3 is 6.09 Å². The first-order valence-electron chi connectivity index (χ1n) is 9.04. The average Bonchev–Trinajstić information content (AvgIpc) is 2.66. The Balaban J connectivity index is 2.27. The minimum atomic E-state index is -3.58. The summed E-state index contributed by atoms with van der Waals surface area (Å²) in [5.74, 6) is 0. The zero-order valence-electron chi connectivity index (χ0n) is 15.7. The average molecular weight is 391 g/mol. The summed E-state index contributed by atoms with van der Waals surface area (Å²) >= 11 is 0. The van der Waals surface area contributed by atoms with Crippen molar-refractivity contribution in [2.45, 2.75) is 38.1 Å². The van der Waals surface area contributed by atoms with Crippen LogP contribution in [0.15, 0.2) is 59.5 Å². The Hall–Kier alpha value is -2.38. The lowest BCUT2D eigenvalue weighted by Gasteiger charge is -2.22. The lowest BCUT2D eigenvalue weighted by Crippen LogP contribution is -2.32. The topological polar surface area (TPSA) is 77.9 Å². The van der Waals surface area contributed by atoms with Gasteiger partial charge in [-0.1, -0.05) is 44.2 Å². The van der Waals surface area contributed by atoms with Crippen molar-refractivity contribution < 1.29 is 18.3 Å². The van der Waals surface area contributed by atoms with E-state index in [1.165, 1.54) is 21.3 Å². The Bertz CT molecular complexity index is 830. The van der Waals surface area contributed by atoms with Gasteiger partial charge in [0.15, 0.2) is 0 Å². The van der Waals surface area contributed by atoms with Crippen LogP contribution in [0.5, 0.6) is 0 Å². The molecule has 1 amide bonds. The van der Waals surface area contributed by atoms with E-state index in [0.717, 1.165) is 18.4 Å². The van der Waals surface area contributed by atoms with Crippen LogP contribution >= 0.6 is 0 Å². The number of hydrogen-bond acceptors (Lipinski definition) is 3. The van der Waals surface area contributed by atoms with E-state index in [1.807, 2.05) is 44.2 Å². The predicted molar refractivity (Wildman–Crippen MR) is 106 cm³/mol. The van der Waals surface area contributed by atoms with Crippen molar-refractivity contribution in [3.63, 3.8) is 0 Å². The van der Waals surface area contributed by atoms with Crippen LogP contribution in [0.4, 0.5) is 10.5 Å². The Labute approximate surface area is 161 Å². The fourth-order valence-electron chi connectivity index (χ4n) is 2.83. The second-order valence-corrected chi connectivity index (χ2v) is 8.19. The van der Waals surface area contributed by atoms with Crippen LogP contribution in [-0.4, -0.2) is 37.0 Å². The van der Waals surface area contributed by atoms with Crippen molar-refractivity contribution in [3.05, 3.63) is 60.2 Å². The molecular formula is C20H26N2O4S. The van der Waals surface area contributed by atoms with E-state index >= 15 is 0 Å². The predicted octanol–water partition coefficient (Wildman–Crippen LogP) is 4.18. The van der Waals surface area contributed by atoms with Crippen LogP contribution in [0.1, 0.15) is 32.3 Å². The van der Waals surface area contributed by atoms with Gasteiger partial charge in [-0.25, -0.2) is 13.2 Å². The highest BCUT2D eigenvalue weighted by atomic mass is 32.2. The molecule has 1 N–H and O–H groups in total. The Morgan fingerprint density at radius 3 is 1.96 bits per heavy atom. The number of amides is 1. The largest absolute Gasteiger partial charge is 0.465 e. The fourth-order valence-corrected chi connectivity index (χ4v) is 4.46. The number of hydrogen-bond donors (Lipinski definition) is 1. The van der Waals surface area contributed by atoms with E-state index in [1.54, 1.807) is 12.1 Å². The highest BCUT2D eigenvalue weighted by Crippen LogP contribution is 2.23. The highest BCUT2D eigenvalue weighted by molar-refractivity contribution is 7.89. The van der Waals surface area contributed by atoms with E-state index < -0.39 is 16.1 Å². The second kappa shape index (κ2) is 9.53. The number of carbonyl (C=O) groups is 1. The van der Waals surface area contributed by atoms with Crippen LogP contribution < -0.4 is 4.90 Å². The van der Waals surface area contributed by atoms with Gasteiger partial charge in [-0.15, -0.1) is 0 Å². The molecule has 0 unspecified atom stereocenters. The number of rotatable bonds is 9. The van der Waals surface area contributed by atoms with Crippen LogP contribution in [0.2, 0.25) is 0 Å². The van der Waals surface area contributed by atoms with E-state index in [-0.39, 0.29) is 11.4 Å². The number of nitrogens with zero attached hydrogens (tertiary/aromatic N) is 2. The van der Waals surface area contributed by atoms with Crippen LogP contribution in [0, 0.1) is 0 Å². The van der Waals surface area contributed by atoms with Crippen LogP contribution in [-0.2, 0) is 16.6 Å². The third kappa shape index (κ3) is 5.30. The summed E-state index contributed by atoms with van der Waals surface area (Å²) in [5, 5.41) is 9.54. The summed E-state index contributed by atoms with van der Waals surface area (Å²) in [6, 6.07) is 15.3. The molecule has 0 bridgehead atoms. The molecule has 0 heterocycles. The lowest BCUT2D eigenvalue weighted by atomic mass is 10.2. The molecule has 0 fully saturated rings. The van der Waals surface area contributed by atoms with Gasteiger partial charge in [0.1, 0.15) is 0 Å². The van der Waals surface area contributed by atoms with Gasteiger partial charge in [-0.3, -0.25) is 4.90 Å². The van der Waals surface area contributed by atoms with Crippen molar-refractivity contribution >= 4 is 21.8 Å². The minimum absolute atomic E-state index is 0.179. The van der Waals surface area contributed by atoms with Crippen molar-refractivity contribution in [2.75, 3.05) is 18.0 Å². The third-order valence-electron chi connectivity index (χ3n) is 4.15. The van der Waals surface area contributed by atoms with Gasteiger partial charge in [-0.05, 0) is 42.7 Å². The molecule has 0 radical (unpaired) electrons. The molecule has 0 saturated heterocycles. The number of benzene rings is 2. The summed E-state index contributed by atoms with van der Waals surface area (Å²) in [7, 11) is -3.58. The van der Waals surface area contributed by atoms with E-state index in [4.69, 9.17) is 0 Å². The maximum atomic E-state index is 12.8. The lowest BCUT2D eigenvalue weighted by molar-refractivity contribution is 0.201. The number of carboxylic acid groups (broad SMARTS) is 1. The molecular weight excluding hydrogens is 364 g/mol. The Kier molecular flexibility index (Phi) is 7.38. The molecule has 27 heavy (non-hydrogen) atoms. The molecule has 2 aromatic carbocycles. The first kappa shape index (κ1) is 20.9. The molecule has 0 aliphatic heterocycles. The first-order valence-corrected chi connectivity index (χ1v) is 10.5. The summed E-state index contributed by atoms with van der Waals surface area (Å²) in [4.78, 5) is 13.0. The van der Waals surface area contributed by atoms with E-state index in [0.29, 0.717) is 18.8 Å². The monoisotopic (exact) mass is 390 g/mol. The third-order valence-corrected chi connectivity index (χ3v) is 6.06. The van der Waals surface area contributed by atoms with Crippen molar-refractivity contribution in [1.82, 2.24) is 4.31 Å².